The largest absolute Gasteiger partial charge is 0.394 e. The fourth-order valence-corrected chi connectivity index (χ4v) is 4.49. The molecule has 3 amide bonds. The molecule has 0 spiro atoms. The Bertz CT molecular complexity index is 1120. The van der Waals surface area contributed by atoms with Crippen LogP contribution in [0.5, 0.6) is 0 Å². The van der Waals surface area contributed by atoms with Gasteiger partial charge in [-0.1, -0.05) is 30.3 Å². The zero-order valence-corrected chi connectivity index (χ0v) is 22.0. The van der Waals surface area contributed by atoms with Gasteiger partial charge in [-0.15, -0.1) is 11.3 Å². The van der Waals surface area contributed by atoms with E-state index in [2.05, 4.69) is 15.6 Å². The molecule has 12 heteroatoms. The predicted molar refractivity (Wildman–Crippen MR) is 135 cm³/mol. The number of amides is 3. The SMILES string of the molecule is COCC(NC(=O)C(CO)N(C)C(=O)c1cnc(C)s1)C(=O)NC(Cc1ccccc1)C(=O)[C@@]1(C)CO1. The highest BCUT2D eigenvalue weighted by atomic mass is 32.1. The van der Waals surface area contributed by atoms with Gasteiger partial charge < -0.3 is 30.1 Å². The molecule has 4 atom stereocenters. The summed E-state index contributed by atoms with van der Waals surface area (Å²) >= 11 is 1.17. The first kappa shape index (κ1) is 28.4. The molecule has 1 aromatic heterocycles. The van der Waals surface area contributed by atoms with Gasteiger partial charge in [-0.05, 0) is 25.8 Å². The summed E-state index contributed by atoms with van der Waals surface area (Å²) in [6.07, 6.45) is 1.64. The minimum absolute atomic E-state index is 0.193. The van der Waals surface area contributed by atoms with Crippen LogP contribution in [0, 0.1) is 6.92 Å². The Kier molecular flexibility index (Phi) is 9.49. The van der Waals surface area contributed by atoms with E-state index in [1.54, 1.807) is 13.8 Å². The number of aliphatic hydroxyl groups excluding tert-OH is 1. The maximum absolute atomic E-state index is 13.2. The second kappa shape index (κ2) is 12.4. The van der Waals surface area contributed by atoms with Gasteiger partial charge in [0.25, 0.3) is 5.91 Å². The molecular formula is C25H32N4O7S. The van der Waals surface area contributed by atoms with E-state index in [9.17, 15) is 24.3 Å². The van der Waals surface area contributed by atoms with Crippen molar-refractivity contribution >= 4 is 34.8 Å². The van der Waals surface area contributed by atoms with E-state index in [0.717, 1.165) is 10.5 Å². The van der Waals surface area contributed by atoms with Crippen LogP contribution in [0.1, 0.15) is 27.2 Å². The molecule has 1 aromatic carbocycles. The van der Waals surface area contributed by atoms with Gasteiger partial charge in [-0.25, -0.2) is 4.98 Å². The minimum atomic E-state index is -1.26. The molecule has 11 nitrogen and oxygen atoms in total. The standard InChI is InChI=1S/C25H32N4O7S/c1-15-26-11-20(37-15)24(34)29(3)19(12-30)23(33)28-18(13-35-4)22(32)27-17(21(31)25(2)14-36-25)10-16-8-6-5-7-9-16/h5-9,11,17-19,30H,10,12-14H2,1-4H3,(H,27,32)(H,28,33)/t17?,18?,19?,25-/m1/s1. The lowest BCUT2D eigenvalue weighted by Crippen LogP contribution is -2.59. The molecule has 200 valence electrons. The lowest BCUT2D eigenvalue weighted by atomic mass is 9.94. The van der Waals surface area contributed by atoms with Crippen molar-refractivity contribution in [1.29, 1.82) is 0 Å². The number of aromatic nitrogens is 1. The number of Topliss-reactive ketones (excluding diaryl/α,β-unsaturated/α-hetero) is 1. The van der Waals surface area contributed by atoms with Crippen molar-refractivity contribution in [3.63, 3.8) is 0 Å². The van der Waals surface area contributed by atoms with Crippen LogP contribution in [-0.2, 0) is 30.3 Å². The van der Waals surface area contributed by atoms with Crippen LogP contribution < -0.4 is 10.6 Å². The van der Waals surface area contributed by atoms with Gasteiger partial charge in [0.15, 0.2) is 5.78 Å². The lowest BCUT2D eigenvalue weighted by molar-refractivity contribution is -0.135. The highest BCUT2D eigenvalue weighted by Crippen LogP contribution is 2.29. The number of aliphatic hydroxyl groups is 1. The number of thiazole rings is 1. The number of ketones is 1. The van der Waals surface area contributed by atoms with Gasteiger partial charge in [0.1, 0.15) is 22.6 Å². The molecule has 2 heterocycles. The Morgan fingerprint density at radius 1 is 1.19 bits per heavy atom. The zero-order chi connectivity index (χ0) is 27.2. The molecule has 0 saturated carbocycles. The van der Waals surface area contributed by atoms with Crippen molar-refractivity contribution in [1.82, 2.24) is 20.5 Å². The third-order valence-corrected chi connectivity index (χ3v) is 6.98. The minimum Gasteiger partial charge on any atom is -0.394 e. The van der Waals surface area contributed by atoms with E-state index in [1.807, 2.05) is 30.3 Å². The number of rotatable bonds is 13. The number of methoxy groups -OCH3 is 1. The third-order valence-electron chi connectivity index (χ3n) is 6.08. The number of carbonyl (C=O) groups excluding carboxylic acids is 4. The molecule has 1 fully saturated rings. The number of hydrogen-bond acceptors (Lipinski definition) is 9. The number of hydrogen-bond donors (Lipinski definition) is 3. The molecule has 3 unspecified atom stereocenters. The molecule has 0 radical (unpaired) electrons. The van der Waals surface area contributed by atoms with Crippen LogP contribution in [0.3, 0.4) is 0 Å². The van der Waals surface area contributed by atoms with E-state index < -0.39 is 48.1 Å². The number of nitrogens with zero attached hydrogens (tertiary/aromatic N) is 2. The second-order valence-electron chi connectivity index (χ2n) is 9.01. The molecule has 2 aromatic rings. The quantitative estimate of drug-likeness (QED) is 0.308. The van der Waals surface area contributed by atoms with Gasteiger partial charge >= 0.3 is 0 Å². The first-order chi connectivity index (χ1) is 17.6. The molecule has 3 N–H and O–H groups in total. The fraction of sp³-hybridized carbons (Fsp3) is 0.480. The Morgan fingerprint density at radius 2 is 1.84 bits per heavy atom. The van der Waals surface area contributed by atoms with Crippen LogP contribution in [0.2, 0.25) is 0 Å². The van der Waals surface area contributed by atoms with E-state index in [0.29, 0.717) is 9.88 Å². The average Bonchev–Trinajstić information content (AvgIpc) is 3.49. The highest BCUT2D eigenvalue weighted by Gasteiger charge is 2.50. The summed E-state index contributed by atoms with van der Waals surface area (Å²) in [4.78, 5) is 57.5. The number of epoxide rings is 1. The number of ether oxygens (including phenoxy) is 2. The topological polar surface area (TPSA) is 150 Å². The van der Waals surface area contributed by atoms with Gasteiger partial charge in [0.2, 0.25) is 11.8 Å². The first-order valence-electron chi connectivity index (χ1n) is 11.7. The number of aryl methyl sites for hydroxylation is 1. The first-order valence-corrected chi connectivity index (χ1v) is 12.5. The van der Waals surface area contributed by atoms with Crippen molar-refractivity contribution < 1.29 is 33.8 Å². The van der Waals surface area contributed by atoms with Crippen molar-refractivity contribution in [3.05, 3.63) is 52.0 Å². The molecule has 3 rings (SSSR count). The fourth-order valence-electron chi connectivity index (χ4n) is 3.72. The van der Waals surface area contributed by atoms with Gasteiger partial charge in [-0.3, -0.25) is 19.2 Å². The second-order valence-corrected chi connectivity index (χ2v) is 10.2. The average molecular weight is 533 g/mol. The van der Waals surface area contributed by atoms with Gasteiger partial charge in [0, 0.05) is 14.2 Å². The van der Waals surface area contributed by atoms with Crippen LogP contribution in [-0.4, -0.2) is 96.2 Å². The summed E-state index contributed by atoms with van der Waals surface area (Å²) in [5, 5.41) is 15.8. The van der Waals surface area contributed by atoms with E-state index in [1.165, 1.54) is 31.7 Å². The Balaban J connectivity index is 1.72. The molecule has 1 aliphatic heterocycles. The monoisotopic (exact) mass is 532 g/mol. The normalized spacial score (nSPS) is 18.8. The van der Waals surface area contributed by atoms with Crippen LogP contribution >= 0.6 is 11.3 Å². The Hall–Kier alpha value is -3.19. The predicted octanol–water partition coefficient (Wildman–Crippen LogP) is 0.101. The molecule has 37 heavy (non-hydrogen) atoms. The number of benzene rings is 1. The van der Waals surface area contributed by atoms with Crippen molar-refractivity contribution in [2.45, 2.75) is 44.0 Å². The van der Waals surface area contributed by atoms with Gasteiger partial charge in [0.05, 0.1) is 37.1 Å². The summed E-state index contributed by atoms with van der Waals surface area (Å²) in [5.41, 5.74) is -0.121. The van der Waals surface area contributed by atoms with E-state index in [-0.39, 0.29) is 25.4 Å². The highest BCUT2D eigenvalue weighted by molar-refractivity contribution is 7.13. The maximum Gasteiger partial charge on any atom is 0.266 e. The van der Waals surface area contributed by atoms with E-state index >= 15 is 0 Å². The van der Waals surface area contributed by atoms with Crippen molar-refractivity contribution in [2.75, 3.05) is 34.0 Å². The lowest BCUT2D eigenvalue weighted by Gasteiger charge is -2.28. The molecule has 1 saturated heterocycles. The molecule has 0 aliphatic carbocycles. The smallest absolute Gasteiger partial charge is 0.266 e. The summed E-state index contributed by atoms with van der Waals surface area (Å²) < 4.78 is 10.4. The molecule has 1 aliphatic rings. The van der Waals surface area contributed by atoms with Crippen LogP contribution in [0.15, 0.2) is 36.5 Å². The summed E-state index contributed by atoms with van der Waals surface area (Å²) in [5.74, 6) is -2.15. The van der Waals surface area contributed by atoms with Crippen LogP contribution in [0.4, 0.5) is 0 Å². The van der Waals surface area contributed by atoms with Gasteiger partial charge in [-0.2, -0.15) is 0 Å². The Labute approximate surface area is 219 Å². The summed E-state index contributed by atoms with van der Waals surface area (Å²) in [6.45, 7) is 2.82. The maximum atomic E-state index is 13.2. The Morgan fingerprint density at radius 3 is 2.38 bits per heavy atom. The number of carbonyl (C=O) groups is 4. The zero-order valence-electron chi connectivity index (χ0n) is 21.2. The van der Waals surface area contributed by atoms with Crippen molar-refractivity contribution in [3.8, 4) is 0 Å². The third kappa shape index (κ3) is 7.19. The molecule has 0 bridgehead atoms. The number of likely N-dealkylation sites (N-methyl/N-ethyl adjacent to an activating group) is 1. The number of nitrogens with one attached hydrogen (secondary N) is 2. The summed E-state index contributed by atoms with van der Waals surface area (Å²) in [7, 11) is 2.75. The summed E-state index contributed by atoms with van der Waals surface area (Å²) in [6, 6.07) is 5.88. The van der Waals surface area contributed by atoms with Crippen LogP contribution in [0.25, 0.3) is 0 Å². The van der Waals surface area contributed by atoms with Crippen molar-refractivity contribution in [2.24, 2.45) is 0 Å². The molecular weight excluding hydrogens is 500 g/mol. The van der Waals surface area contributed by atoms with E-state index in [4.69, 9.17) is 9.47 Å².